The minimum Gasteiger partial charge on any atom is -0.550 e. The van der Waals surface area contributed by atoms with Crippen LogP contribution in [0.4, 0.5) is 5.69 Å². The van der Waals surface area contributed by atoms with Crippen molar-refractivity contribution in [2.24, 2.45) is 5.92 Å². The molecule has 0 aliphatic carbocycles. The molecular formula is C18H16Cl2NO3-. The van der Waals surface area contributed by atoms with E-state index in [2.05, 4.69) is 5.32 Å². The lowest BCUT2D eigenvalue weighted by Crippen LogP contribution is -2.36. The van der Waals surface area contributed by atoms with Crippen LogP contribution < -0.4 is 10.4 Å². The number of rotatable bonds is 6. The standard InChI is InChI=1S/C18H17Cl2NO3/c1-11(12-5-3-2-4-6-12)14(18(23)24)10-17(22)21-13-7-8-15(19)16(20)9-13/h2-9,11,14H,10H2,1H3,(H,21,22)(H,23,24)/p-1/t11-,14-/m1/s1. The van der Waals surface area contributed by atoms with Crippen LogP contribution in [-0.4, -0.2) is 11.9 Å². The molecule has 0 radical (unpaired) electrons. The van der Waals surface area contributed by atoms with E-state index in [9.17, 15) is 14.7 Å². The molecule has 2 aromatic rings. The molecule has 0 saturated carbocycles. The molecule has 0 spiro atoms. The maximum Gasteiger partial charge on any atom is 0.225 e. The maximum atomic E-state index is 12.2. The molecule has 0 aliphatic rings. The Morgan fingerprint density at radius 3 is 2.33 bits per heavy atom. The topological polar surface area (TPSA) is 69.2 Å². The fourth-order valence-electron chi connectivity index (χ4n) is 2.44. The molecule has 2 rings (SSSR count). The van der Waals surface area contributed by atoms with Crippen molar-refractivity contribution < 1.29 is 14.7 Å². The lowest BCUT2D eigenvalue weighted by Gasteiger charge is -2.25. The Labute approximate surface area is 150 Å². The van der Waals surface area contributed by atoms with Crippen molar-refractivity contribution in [2.75, 3.05) is 5.32 Å². The smallest absolute Gasteiger partial charge is 0.225 e. The van der Waals surface area contributed by atoms with Gasteiger partial charge in [0.25, 0.3) is 0 Å². The molecule has 4 nitrogen and oxygen atoms in total. The molecule has 1 amide bonds. The second-order valence-corrected chi connectivity index (χ2v) is 6.32. The quantitative estimate of drug-likeness (QED) is 0.852. The maximum absolute atomic E-state index is 12.2. The van der Waals surface area contributed by atoms with Crippen LogP contribution in [0.3, 0.4) is 0 Å². The van der Waals surface area contributed by atoms with Gasteiger partial charge >= 0.3 is 0 Å². The van der Waals surface area contributed by atoms with Crippen molar-refractivity contribution >= 4 is 40.8 Å². The number of aliphatic carboxylic acids is 1. The number of carboxylic acids is 1. The van der Waals surface area contributed by atoms with Gasteiger partial charge in [-0.05, 0) is 29.7 Å². The number of hydrogen-bond donors (Lipinski definition) is 1. The number of anilines is 1. The van der Waals surface area contributed by atoms with Crippen molar-refractivity contribution in [3.63, 3.8) is 0 Å². The van der Waals surface area contributed by atoms with Gasteiger partial charge in [0.1, 0.15) is 0 Å². The highest BCUT2D eigenvalue weighted by Gasteiger charge is 2.23. The van der Waals surface area contributed by atoms with Crippen molar-refractivity contribution in [3.8, 4) is 0 Å². The van der Waals surface area contributed by atoms with Crippen LogP contribution in [0.1, 0.15) is 24.8 Å². The number of amides is 1. The van der Waals surface area contributed by atoms with E-state index in [-0.39, 0.29) is 12.3 Å². The van der Waals surface area contributed by atoms with Crippen LogP contribution in [0.2, 0.25) is 10.0 Å². The van der Waals surface area contributed by atoms with Crippen LogP contribution in [0.15, 0.2) is 48.5 Å². The minimum atomic E-state index is -1.25. The first kappa shape index (κ1) is 18.3. The zero-order chi connectivity index (χ0) is 17.7. The molecule has 0 saturated heterocycles. The van der Waals surface area contributed by atoms with Gasteiger partial charge in [-0.25, -0.2) is 0 Å². The Kier molecular flexibility index (Phi) is 6.23. The van der Waals surface area contributed by atoms with Gasteiger partial charge in [0.2, 0.25) is 5.91 Å². The lowest BCUT2D eigenvalue weighted by molar-refractivity contribution is -0.312. The molecule has 2 aromatic carbocycles. The van der Waals surface area contributed by atoms with Crippen molar-refractivity contribution in [3.05, 3.63) is 64.1 Å². The summed E-state index contributed by atoms with van der Waals surface area (Å²) in [5, 5.41) is 14.8. The highest BCUT2D eigenvalue weighted by molar-refractivity contribution is 6.42. The van der Waals surface area contributed by atoms with E-state index in [1.807, 2.05) is 30.3 Å². The molecule has 6 heteroatoms. The molecule has 126 valence electrons. The normalized spacial score (nSPS) is 13.1. The van der Waals surface area contributed by atoms with Crippen LogP contribution in [0.25, 0.3) is 0 Å². The summed E-state index contributed by atoms with van der Waals surface area (Å²) in [7, 11) is 0. The van der Waals surface area contributed by atoms with Gasteiger partial charge < -0.3 is 15.2 Å². The fraction of sp³-hybridized carbons (Fsp3) is 0.222. The number of carbonyl (C=O) groups is 2. The second kappa shape index (κ2) is 8.18. The zero-order valence-corrected chi connectivity index (χ0v) is 14.5. The van der Waals surface area contributed by atoms with E-state index < -0.39 is 17.8 Å². The number of carboxylic acid groups (broad SMARTS) is 1. The first-order chi connectivity index (χ1) is 11.4. The summed E-state index contributed by atoms with van der Waals surface area (Å²) in [6.07, 6.45) is -0.196. The van der Waals surface area contributed by atoms with Gasteiger partial charge in [-0.15, -0.1) is 0 Å². The van der Waals surface area contributed by atoms with E-state index in [0.717, 1.165) is 5.56 Å². The Morgan fingerprint density at radius 2 is 1.75 bits per heavy atom. The van der Waals surface area contributed by atoms with E-state index in [1.165, 1.54) is 6.07 Å². The predicted molar refractivity (Wildman–Crippen MR) is 93.1 cm³/mol. The van der Waals surface area contributed by atoms with E-state index in [4.69, 9.17) is 23.2 Å². The predicted octanol–water partition coefficient (Wildman–Crippen LogP) is 3.49. The molecule has 0 heterocycles. The van der Waals surface area contributed by atoms with Crippen LogP contribution in [-0.2, 0) is 9.59 Å². The zero-order valence-electron chi connectivity index (χ0n) is 13.0. The van der Waals surface area contributed by atoms with Gasteiger partial charge in [0.05, 0.1) is 10.0 Å². The number of benzene rings is 2. The average Bonchev–Trinajstić information content (AvgIpc) is 2.56. The first-order valence-corrected chi connectivity index (χ1v) is 8.14. The molecular weight excluding hydrogens is 349 g/mol. The van der Waals surface area contributed by atoms with Gasteiger partial charge in [-0.1, -0.05) is 60.5 Å². The third-order valence-electron chi connectivity index (χ3n) is 3.84. The van der Waals surface area contributed by atoms with E-state index in [1.54, 1.807) is 19.1 Å². The second-order valence-electron chi connectivity index (χ2n) is 5.51. The van der Waals surface area contributed by atoms with Gasteiger partial charge in [0.15, 0.2) is 0 Å². The summed E-state index contributed by atoms with van der Waals surface area (Å²) in [5.41, 5.74) is 1.30. The molecule has 1 N–H and O–H groups in total. The van der Waals surface area contributed by atoms with Crippen molar-refractivity contribution in [1.82, 2.24) is 0 Å². The van der Waals surface area contributed by atoms with Crippen LogP contribution in [0, 0.1) is 5.92 Å². The first-order valence-electron chi connectivity index (χ1n) is 7.39. The SMILES string of the molecule is C[C@H](c1ccccc1)[C@@H](CC(=O)Nc1ccc(Cl)c(Cl)c1)C(=O)[O-]. The summed E-state index contributed by atoms with van der Waals surface area (Å²) in [4.78, 5) is 23.7. The Morgan fingerprint density at radius 1 is 1.08 bits per heavy atom. The van der Waals surface area contributed by atoms with Crippen molar-refractivity contribution in [2.45, 2.75) is 19.3 Å². The third kappa shape index (κ3) is 4.73. The summed E-state index contributed by atoms with van der Waals surface area (Å²) in [6, 6.07) is 13.8. The number of halogens is 2. The Balaban J connectivity index is 2.08. The number of nitrogens with one attached hydrogen (secondary N) is 1. The van der Waals surface area contributed by atoms with Crippen LogP contribution >= 0.6 is 23.2 Å². The largest absolute Gasteiger partial charge is 0.550 e. The molecule has 0 unspecified atom stereocenters. The third-order valence-corrected chi connectivity index (χ3v) is 4.58. The summed E-state index contributed by atoms with van der Waals surface area (Å²) in [6.45, 7) is 1.77. The number of hydrogen-bond acceptors (Lipinski definition) is 3. The number of carbonyl (C=O) groups excluding carboxylic acids is 2. The Bertz CT molecular complexity index is 734. The highest BCUT2D eigenvalue weighted by atomic mass is 35.5. The van der Waals surface area contributed by atoms with Crippen LogP contribution in [0.5, 0.6) is 0 Å². The molecule has 0 fully saturated rings. The van der Waals surface area contributed by atoms with Gasteiger partial charge in [-0.2, -0.15) is 0 Å². The average molecular weight is 365 g/mol. The molecule has 0 bridgehead atoms. The monoisotopic (exact) mass is 364 g/mol. The fourth-order valence-corrected chi connectivity index (χ4v) is 2.74. The molecule has 2 atom stereocenters. The molecule has 24 heavy (non-hydrogen) atoms. The summed E-state index contributed by atoms with van der Waals surface area (Å²) < 4.78 is 0. The lowest BCUT2D eigenvalue weighted by atomic mass is 9.85. The van der Waals surface area contributed by atoms with Gasteiger partial charge in [0, 0.05) is 24.0 Å². The van der Waals surface area contributed by atoms with E-state index >= 15 is 0 Å². The Hall–Kier alpha value is -2.04. The van der Waals surface area contributed by atoms with Gasteiger partial charge in [-0.3, -0.25) is 4.79 Å². The molecule has 0 aliphatic heterocycles. The summed E-state index contributed by atoms with van der Waals surface area (Å²) >= 11 is 11.7. The summed E-state index contributed by atoms with van der Waals surface area (Å²) in [5.74, 6) is -2.97. The highest BCUT2D eigenvalue weighted by Crippen LogP contribution is 2.28. The van der Waals surface area contributed by atoms with E-state index in [0.29, 0.717) is 15.7 Å². The van der Waals surface area contributed by atoms with Crippen molar-refractivity contribution in [1.29, 1.82) is 0 Å². The molecule has 0 aromatic heterocycles. The minimum absolute atomic E-state index is 0.196.